The first kappa shape index (κ1) is 13.1. The topological polar surface area (TPSA) is 12.9 Å². The maximum absolute atomic E-state index is 13.2. The Morgan fingerprint density at radius 1 is 0.950 bits per heavy atom. The van der Waals surface area contributed by atoms with Gasteiger partial charge < -0.3 is 0 Å². The van der Waals surface area contributed by atoms with Crippen LogP contribution in [0.1, 0.15) is 5.56 Å². The summed E-state index contributed by atoms with van der Waals surface area (Å²) in [5.74, 6) is -0.966. The minimum Gasteiger partial charge on any atom is -0.256 e. The number of nitrogens with zero attached hydrogens (tertiary/aromatic N) is 1. The van der Waals surface area contributed by atoms with Gasteiger partial charge in [0.05, 0.1) is 5.52 Å². The molecular weight excluding hydrogens is 276 g/mol. The van der Waals surface area contributed by atoms with Crippen molar-refractivity contribution in [1.29, 1.82) is 0 Å². The lowest BCUT2D eigenvalue weighted by Gasteiger charge is -2.06. The van der Waals surface area contributed by atoms with Gasteiger partial charge in [-0.25, -0.2) is 8.78 Å². The Morgan fingerprint density at radius 2 is 1.80 bits per heavy atom. The molecule has 0 N–H and O–H groups in total. The number of pyridine rings is 1. The van der Waals surface area contributed by atoms with Gasteiger partial charge in [-0.3, -0.25) is 4.98 Å². The second-order valence-corrected chi connectivity index (χ2v) is 5.41. The fourth-order valence-electron chi connectivity index (χ4n) is 2.01. The molecule has 0 atom stereocenters. The number of para-hydroxylation sites is 1. The number of hydrogen-bond donors (Lipinski definition) is 0. The van der Waals surface area contributed by atoms with Crippen LogP contribution >= 0.6 is 11.8 Å². The maximum atomic E-state index is 13.2. The van der Waals surface area contributed by atoms with Crippen LogP contribution in [0.25, 0.3) is 10.9 Å². The molecule has 4 heteroatoms. The highest BCUT2D eigenvalue weighted by atomic mass is 32.2. The first-order valence-electron chi connectivity index (χ1n) is 6.14. The standard InChI is InChI=1S/C16H11F2NS/c17-14-7-6-13(9-15(14)18)20-10-12-4-1-3-11-5-2-8-19-16(11)12/h1-9H,10H2. The molecule has 3 rings (SSSR count). The first-order chi connectivity index (χ1) is 9.74. The molecule has 1 nitrogen and oxygen atoms in total. The van der Waals surface area contributed by atoms with Crippen LogP contribution in [0.2, 0.25) is 0 Å². The Kier molecular flexibility index (Phi) is 3.65. The summed E-state index contributed by atoms with van der Waals surface area (Å²) in [4.78, 5) is 5.08. The zero-order valence-electron chi connectivity index (χ0n) is 10.5. The average Bonchev–Trinajstić information content (AvgIpc) is 2.48. The van der Waals surface area contributed by atoms with E-state index >= 15 is 0 Å². The minimum absolute atomic E-state index is 0.666. The predicted molar refractivity (Wildman–Crippen MR) is 77.7 cm³/mol. The quantitative estimate of drug-likeness (QED) is 0.641. The van der Waals surface area contributed by atoms with Crippen molar-refractivity contribution in [3.63, 3.8) is 0 Å². The number of benzene rings is 2. The molecule has 0 aliphatic carbocycles. The third-order valence-corrected chi connectivity index (χ3v) is 4.04. The van der Waals surface area contributed by atoms with Crippen molar-refractivity contribution in [3.05, 3.63) is 71.9 Å². The molecular formula is C16H11F2NS. The van der Waals surface area contributed by atoms with E-state index in [0.717, 1.165) is 22.5 Å². The lowest BCUT2D eigenvalue weighted by Crippen LogP contribution is -1.88. The van der Waals surface area contributed by atoms with Gasteiger partial charge in [0.2, 0.25) is 0 Å². The molecule has 100 valence electrons. The lowest BCUT2D eigenvalue weighted by atomic mass is 10.1. The Bertz CT molecular complexity index is 753. The van der Waals surface area contributed by atoms with Crippen LogP contribution in [-0.2, 0) is 5.75 Å². The second kappa shape index (κ2) is 5.59. The van der Waals surface area contributed by atoms with Gasteiger partial charge in [0.25, 0.3) is 0 Å². The van der Waals surface area contributed by atoms with Crippen molar-refractivity contribution < 1.29 is 8.78 Å². The molecule has 0 saturated heterocycles. The van der Waals surface area contributed by atoms with Gasteiger partial charge in [-0.05, 0) is 29.8 Å². The molecule has 0 unspecified atom stereocenters. The molecule has 0 bridgehead atoms. The molecule has 2 aromatic carbocycles. The normalized spacial score (nSPS) is 10.9. The SMILES string of the molecule is Fc1ccc(SCc2cccc3cccnc23)cc1F. The molecule has 0 aliphatic heterocycles. The number of aromatic nitrogens is 1. The fraction of sp³-hybridized carbons (Fsp3) is 0.0625. The van der Waals surface area contributed by atoms with E-state index in [0.29, 0.717) is 10.6 Å². The van der Waals surface area contributed by atoms with Crippen molar-refractivity contribution in [2.24, 2.45) is 0 Å². The van der Waals surface area contributed by atoms with E-state index in [9.17, 15) is 8.78 Å². The molecule has 1 heterocycles. The molecule has 20 heavy (non-hydrogen) atoms. The van der Waals surface area contributed by atoms with Gasteiger partial charge in [-0.15, -0.1) is 11.8 Å². The smallest absolute Gasteiger partial charge is 0.159 e. The van der Waals surface area contributed by atoms with E-state index in [1.54, 1.807) is 12.3 Å². The lowest BCUT2D eigenvalue weighted by molar-refractivity contribution is 0.506. The number of hydrogen-bond acceptors (Lipinski definition) is 2. The van der Waals surface area contributed by atoms with E-state index in [2.05, 4.69) is 4.98 Å². The van der Waals surface area contributed by atoms with Crippen LogP contribution in [0.4, 0.5) is 8.78 Å². The average molecular weight is 287 g/mol. The van der Waals surface area contributed by atoms with Crippen LogP contribution in [-0.4, -0.2) is 4.98 Å². The minimum atomic E-state index is -0.818. The van der Waals surface area contributed by atoms with Crippen molar-refractivity contribution in [3.8, 4) is 0 Å². The summed E-state index contributed by atoms with van der Waals surface area (Å²) in [6, 6.07) is 13.9. The molecule has 0 radical (unpaired) electrons. The second-order valence-electron chi connectivity index (χ2n) is 4.36. The van der Waals surface area contributed by atoms with Gasteiger partial charge >= 0.3 is 0 Å². The largest absolute Gasteiger partial charge is 0.256 e. The summed E-state index contributed by atoms with van der Waals surface area (Å²) in [7, 11) is 0. The molecule has 0 fully saturated rings. The molecule has 0 aliphatic rings. The van der Waals surface area contributed by atoms with Gasteiger partial charge in [-0.2, -0.15) is 0 Å². The number of rotatable bonds is 3. The predicted octanol–water partition coefficient (Wildman–Crippen LogP) is 4.81. The summed E-state index contributed by atoms with van der Waals surface area (Å²) in [6.45, 7) is 0. The molecule has 1 aromatic heterocycles. The number of halogens is 2. The highest BCUT2D eigenvalue weighted by Crippen LogP contribution is 2.27. The third kappa shape index (κ3) is 2.65. The van der Waals surface area contributed by atoms with Crippen molar-refractivity contribution in [2.45, 2.75) is 10.6 Å². The number of thioether (sulfide) groups is 1. The zero-order valence-corrected chi connectivity index (χ0v) is 11.3. The van der Waals surface area contributed by atoms with Gasteiger partial charge in [-0.1, -0.05) is 24.3 Å². The first-order valence-corrected chi connectivity index (χ1v) is 7.13. The Labute approximate surface area is 119 Å². The molecule has 3 aromatic rings. The zero-order chi connectivity index (χ0) is 13.9. The van der Waals surface area contributed by atoms with Gasteiger partial charge in [0.15, 0.2) is 11.6 Å². The Hall–Kier alpha value is -1.94. The summed E-state index contributed by atoms with van der Waals surface area (Å²) in [6.07, 6.45) is 1.76. The summed E-state index contributed by atoms with van der Waals surface area (Å²) >= 11 is 1.46. The summed E-state index contributed by atoms with van der Waals surface area (Å²) in [5.41, 5.74) is 2.03. The molecule has 0 saturated carbocycles. The highest BCUT2D eigenvalue weighted by molar-refractivity contribution is 7.98. The van der Waals surface area contributed by atoms with Crippen LogP contribution in [0.5, 0.6) is 0 Å². The maximum Gasteiger partial charge on any atom is 0.159 e. The Balaban J connectivity index is 1.85. The fourth-order valence-corrected chi connectivity index (χ4v) is 2.92. The van der Waals surface area contributed by atoms with E-state index < -0.39 is 11.6 Å². The van der Waals surface area contributed by atoms with Crippen LogP contribution in [0.15, 0.2) is 59.6 Å². The monoisotopic (exact) mass is 287 g/mol. The van der Waals surface area contributed by atoms with Crippen molar-refractivity contribution in [2.75, 3.05) is 0 Å². The van der Waals surface area contributed by atoms with Gasteiger partial charge in [0, 0.05) is 22.2 Å². The molecule has 0 spiro atoms. The highest BCUT2D eigenvalue weighted by Gasteiger charge is 2.05. The summed E-state index contributed by atoms with van der Waals surface area (Å²) < 4.78 is 26.0. The van der Waals surface area contributed by atoms with Crippen molar-refractivity contribution >= 4 is 22.7 Å². The van der Waals surface area contributed by atoms with Crippen LogP contribution in [0.3, 0.4) is 0 Å². The third-order valence-electron chi connectivity index (χ3n) is 3.00. The van der Waals surface area contributed by atoms with E-state index in [-0.39, 0.29) is 0 Å². The number of fused-ring (bicyclic) bond motifs is 1. The van der Waals surface area contributed by atoms with E-state index in [4.69, 9.17) is 0 Å². The van der Waals surface area contributed by atoms with E-state index in [1.165, 1.54) is 17.8 Å². The van der Waals surface area contributed by atoms with E-state index in [1.807, 2.05) is 30.3 Å². The van der Waals surface area contributed by atoms with Crippen LogP contribution < -0.4 is 0 Å². The van der Waals surface area contributed by atoms with Crippen molar-refractivity contribution in [1.82, 2.24) is 4.98 Å². The Morgan fingerprint density at radius 3 is 2.65 bits per heavy atom. The molecule has 0 amide bonds. The summed E-state index contributed by atoms with van der Waals surface area (Å²) in [5, 5.41) is 1.08. The van der Waals surface area contributed by atoms with Crippen LogP contribution in [0, 0.1) is 11.6 Å². The van der Waals surface area contributed by atoms with Gasteiger partial charge in [0.1, 0.15) is 0 Å².